The molecule has 1 atom stereocenters. The summed E-state index contributed by atoms with van der Waals surface area (Å²) in [6, 6.07) is 14.0. The van der Waals surface area contributed by atoms with Gasteiger partial charge in [-0.1, -0.05) is 18.2 Å². The Balaban J connectivity index is 1.87. The summed E-state index contributed by atoms with van der Waals surface area (Å²) in [4.78, 5) is 6.45. The number of thiophene rings is 1. The summed E-state index contributed by atoms with van der Waals surface area (Å²) in [5, 5.41) is 5.65. The van der Waals surface area contributed by atoms with Crippen molar-refractivity contribution in [3.05, 3.63) is 52.2 Å². The fraction of sp³-hybridized carbons (Fsp3) is 0.474. The second kappa shape index (κ2) is 7.95. The highest BCUT2D eigenvalue weighted by atomic mass is 32.1. The molecule has 0 spiro atoms. The Morgan fingerprint density at radius 1 is 1.09 bits per heavy atom. The smallest absolute Gasteiger partial charge is 0.0696 e. The molecule has 1 aliphatic rings. The topological polar surface area (TPSA) is 18.5 Å². The molecule has 0 saturated carbocycles. The fourth-order valence-electron chi connectivity index (χ4n) is 3.40. The van der Waals surface area contributed by atoms with E-state index in [1.54, 1.807) is 0 Å². The van der Waals surface area contributed by atoms with Crippen molar-refractivity contribution in [1.29, 1.82) is 0 Å². The molecule has 3 rings (SSSR count). The number of rotatable bonds is 6. The van der Waals surface area contributed by atoms with Crippen molar-refractivity contribution in [2.75, 3.05) is 44.2 Å². The van der Waals surface area contributed by atoms with Gasteiger partial charge >= 0.3 is 0 Å². The van der Waals surface area contributed by atoms with Gasteiger partial charge in [0.1, 0.15) is 0 Å². The number of hydrogen-bond donors (Lipinski definition) is 1. The van der Waals surface area contributed by atoms with E-state index in [2.05, 4.69) is 70.7 Å². The van der Waals surface area contributed by atoms with Gasteiger partial charge in [-0.2, -0.15) is 0 Å². The van der Waals surface area contributed by atoms with Crippen molar-refractivity contribution in [3.63, 3.8) is 0 Å². The number of nitrogens with zero attached hydrogens (tertiary/aromatic N) is 2. The molecule has 1 N–H and O–H groups in total. The van der Waals surface area contributed by atoms with Crippen LogP contribution < -0.4 is 10.2 Å². The number of hydrogen-bond acceptors (Lipinski definition) is 4. The lowest BCUT2D eigenvalue weighted by Gasteiger charge is -2.35. The van der Waals surface area contributed by atoms with Crippen LogP contribution in [-0.4, -0.2) is 44.2 Å². The predicted molar refractivity (Wildman–Crippen MR) is 101 cm³/mol. The normalized spacial score (nSPS) is 17.1. The first-order chi connectivity index (χ1) is 11.3. The summed E-state index contributed by atoms with van der Waals surface area (Å²) in [7, 11) is 0. The Labute approximate surface area is 143 Å². The lowest BCUT2D eigenvalue weighted by Crippen LogP contribution is -2.45. The summed E-state index contributed by atoms with van der Waals surface area (Å²) in [5.41, 5.74) is 2.73. The van der Waals surface area contributed by atoms with Gasteiger partial charge in [0.15, 0.2) is 0 Å². The molecule has 1 aromatic heterocycles. The van der Waals surface area contributed by atoms with Crippen LogP contribution in [-0.2, 0) is 0 Å². The maximum atomic E-state index is 3.46. The maximum absolute atomic E-state index is 3.46. The third-order valence-corrected chi connectivity index (χ3v) is 5.59. The quantitative estimate of drug-likeness (QED) is 0.874. The molecule has 124 valence electrons. The van der Waals surface area contributed by atoms with E-state index in [1.807, 2.05) is 11.3 Å². The summed E-state index contributed by atoms with van der Waals surface area (Å²) < 4.78 is 0. The first-order valence-electron chi connectivity index (χ1n) is 8.66. The first kappa shape index (κ1) is 16.5. The standard InChI is InChI=1S/C19H27N3S/c1-3-21(4-2)17-9-7-16(8-10-17)19(18-6-5-15-23-18)22-13-11-20-12-14-22/h5-10,15,19-20H,3-4,11-14H2,1-2H3/t19-/m0/s1. The molecular formula is C19H27N3S. The number of anilines is 1. The molecule has 1 saturated heterocycles. The van der Waals surface area contributed by atoms with Crippen LogP contribution >= 0.6 is 11.3 Å². The van der Waals surface area contributed by atoms with Crippen LogP contribution in [0.5, 0.6) is 0 Å². The minimum absolute atomic E-state index is 0.392. The van der Waals surface area contributed by atoms with Crippen LogP contribution in [0.1, 0.15) is 30.3 Å². The maximum Gasteiger partial charge on any atom is 0.0696 e. The van der Waals surface area contributed by atoms with Gasteiger partial charge in [0.2, 0.25) is 0 Å². The molecule has 1 fully saturated rings. The zero-order valence-electron chi connectivity index (χ0n) is 14.2. The van der Waals surface area contributed by atoms with Gasteiger partial charge < -0.3 is 10.2 Å². The van der Waals surface area contributed by atoms with Crippen LogP contribution in [0.25, 0.3) is 0 Å². The van der Waals surface area contributed by atoms with Crippen molar-refractivity contribution in [2.24, 2.45) is 0 Å². The van der Waals surface area contributed by atoms with E-state index in [0.717, 1.165) is 39.3 Å². The summed E-state index contributed by atoms with van der Waals surface area (Å²) >= 11 is 1.87. The molecule has 4 heteroatoms. The van der Waals surface area contributed by atoms with Gasteiger partial charge in [0.25, 0.3) is 0 Å². The molecule has 0 aliphatic carbocycles. The van der Waals surface area contributed by atoms with Gasteiger partial charge in [-0.05, 0) is 43.0 Å². The molecule has 23 heavy (non-hydrogen) atoms. The van der Waals surface area contributed by atoms with Crippen LogP contribution in [0.15, 0.2) is 41.8 Å². The van der Waals surface area contributed by atoms with Crippen molar-refractivity contribution in [3.8, 4) is 0 Å². The second-order valence-corrected chi connectivity index (χ2v) is 6.95. The molecule has 3 nitrogen and oxygen atoms in total. The van der Waals surface area contributed by atoms with Crippen molar-refractivity contribution >= 4 is 17.0 Å². The largest absolute Gasteiger partial charge is 0.372 e. The Kier molecular flexibility index (Phi) is 5.70. The molecule has 2 aromatic rings. The second-order valence-electron chi connectivity index (χ2n) is 5.97. The predicted octanol–water partition coefficient (Wildman–Crippen LogP) is 3.59. The lowest BCUT2D eigenvalue weighted by atomic mass is 10.0. The SMILES string of the molecule is CCN(CC)c1ccc([C@@H](c2cccs2)N2CCNCC2)cc1. The van der Waals surface area contributed by atoms with Gasteiger partial charge in [-0.15, -0.1) is 11.3 Å². The van der Waals surface area contributed by atoms with E-state index < -0.39 is 0 Å². The van der Waals surface area contributed by atoms with Crippen LogP contribution in [0, 0.1) is 0 Å². The molecule has 2 heterocycles. The van der Waals surface area contributed by atoms with Gasteiger partial charge in [0, 0.05) is 49.8 Å². The molecule has 1 aliphatic heterocycles. The van der Waals surface area contributed by atoms with Crippen LogP contribution in [0.3, 0.4) is 0 Å². The van der Waals surface area contributed by atoms with Crippen LogP contribution in [0.4, 0.5) is 5.69 Å². The van der Waals surface area contributed by atoms with E-state index in [-0.39, 0.29) is 0 Å². The molecular weight excluding hydrogens is 302 g/mol. The van der Waals surface area contributed by atoms with E-state index in [4.69, 9.17) is 0 Å². The highest BCUT2D eigenvalue weighted by Crippen LogP contribution is 2.33. The van der Waals surface area contributed by atoms with Gasteiger partial charge in [-0.25, -0.2) is 0 Å². The summed E-state index contributed by atoms with van der Waals surface area (Å²) in [6.45, 7) is 10.9. The van der Waals surface area contributed by atoms with E-state index >= 15 is 0 Å². The minimum atomic E-state index is 0.392. The number of piperazine rings is 1. The van der Waals surface area contributed by atoms with E-state index in [1.165, 1.54) is 16.1 Å². The zero-order valence-corrected chi connectivity index (χ0v) is 15.0. The Morgan fingerprint density at radius 3 is 2.35 bits per heavy atom. The average Bonchev–Trinajstić information content (AvgIpc) is 3.13. The zero-order chi connectivity index (χ0) is 16.1. The molecule has 0 bridgehead atoms. The Hall–Kier alpha value is -1.36. The monoisotopic (exact) mass is 329 g/mol. The van der Waals surface area contributed by atoms with Crippen molar-refractivity contribution < 1.29 is 0 Å². The molecule has 1 aromatic carbocycles. The molecule has 0 amide bonds. The first-order valence-corrected chi connectivity index (χ1v) is 9.54. The third-order valence-electron chi connectivity index (χ3n) is 4.67. The van der Waals surface area contributed by atoms with Gasteiger partial charge in [0.05, 0.1) is 6.04 Å². The van der Waals surface area contributed by atoms with E-state index in [0.29, 0.717) is 6.04 Å². The van der Waals surface area contributed by atoms with E-state index in [9.17, 15) is 0 Å². The Morgan fingerprint density at radius 2 is 1.78 bits per heavy atom. The number of benzene rings is 1. The average molecular weight is 330 g/mol. The highest BCUT2D eigenvalue weighted by Gasteiger charge is 2.24. The van der Waals surface area contributed by atoms with Crippen LogP contribution in [0.2, 0.25) is 0 Å². The summed E-state index contributed by atoms with van der Waals surface area (Å²) in [5.74, 6) is 0. The molecule has 0 radical (unpaired) electrons. The Bertz CT molecular complexity index is 569. The highest BCUT2D eigenvalue weighted by molar-refractivity contribution is 7.10. The van der Waals surface area contributed by atoms with Crippen molar-refractivity contribution in [2.45, 2.75) is 19.9 Å². The minimum Gasteiger partial charge on any atom is -0.372 e. The lowest BCUT2D eigenvalue weighted by molar-refractivity contribution is 0.200. The van der Waals surface area contributed by atoms with Crippen molar-refractivity contribution in [1.82, 2.24) is 10.2 Å². The third kappa shape index (κ3) is 3.77. The van der Waals surface area contributed by atoms with Gasteiger partial charge in [-0.3, -0.25) is 4.90 Å². The fourth-order valence-corrected chi connectivity index (χ4v) is 4.28. The summed E-state index contributed by atoms with van der Waals surface area (Å²) in [6.07, 6.45) is 0. The molecule has 0 unspecified atom stereocenters. The number of nitrogens with one attached hydrogen (secondary N) is 1.